The van der Waals surface area contributed by atoms with Crippen LogP contribution < -0.4 is 4.90 Å². The van der Waals surface area contributed by atoms with Gasteiger partial charge < -0.3 is 14.7 Å². The summed E-state index contributed by atoms with van der Waals surface area (Å²) in [5.74, 6) is 0.954. The molecule has 0 unspecified atom stereocenters. The minimum atomic E-state index is -0.806. The smallest absolute Gasteiger partial charge is 0.303 e. The van der Waals surface area contributed by atoms with Gasteiger partial charge in [0.1, 0.15) is 6.10 Å². The predicted molar refractivity (Wildman–Crippen MR) is 134 cm³/mol. The maximum Gasteiger partial charge on any atom is 0.303 e. The van der Waals surface area contributed by atoms with Crippen molar-refractivity contribution in [2.75, 3.05) is 37.6 Å². The van der Waals surface area contributed by atoms with Crippen LogP contribution in [0.5, 0.6) is 0 Å². The van der Waals surface area contributed by atoms with E-state index in [1.54, 1.807) is 0 Å². The quantitative estimate of drug-likeness (QED) is 0.492. The van der Waals surface area contributed by atoms with Gasteiger partial charge in [-0.05, 0) is 55.2 Å². The summed E-state index contributed by atoms with van der Waals surface area (Å²) in [5, 5.41) is 12.6. The largest absolute Gasteiger partial charge is 0.458 e. The van der Waals surface area contributed by atoms with Gasteiger partial charge in [0.25, 0.3) is 0 Å². The second-order valence-electron chi connectivity index (χ2n) is 10.6. The van der Waals surface area contributed by atoms with Gasteiger partial charge in [-0.2, -0.15) is 0 Å². The van der Waals surface area contributed by atoms with Crippen LogP contribution in [-0.2, 0) is 9.53 Å². The van der Waals surface area contributed by atoms with Gasteiger partial charge in [0.15, 0.2) is 0 Å². The number of aliphatic hydroxyl groups is 1. The lowest BCUT2D eigenvalue weighted by Crippen LogP contribution is -2.56. The summed E-state index contributed by atoms with van der Waals surface area (Å²) in [6.07, 6.45) is 4.58. The number of benzene rings is 1. The lowest BCUT2D eigenvalue weighted by atomic mass is 9.57. The Morgan fingerprint density at radius 2 is 1.94 bits per heavy atom. The summed E-state index contributed by atoms with van der Waals surface area (Å²) < 4.78 is 5.55. The van der Waals surface area contributed by atoms with Crippen molar-refractivity contribution in [1.82, 2.24) is 4.90 Å². The number of hydrogen-bond donors (Lipinski definition) is 1. The van der Waals surface area contributed by atoms with Crippen molar-refractivity contribution in [3.8, 4) is 0 Å². The third kappa shape index (κ3) is 5.11. The second kappa shape index (κ2) is 9.97. The van der Waals surface area contributed by atoms with Crippen molar-refractivity contribution in [2.45, 2.75) is 58.7 Å². The third-order valence-corrected chi connectivity index (χ3v) is 8.76. The Labute approximate surface area is 203 Å². The molecule has 4 rings (SSSR count). The Bertz CT molecular complexity index is 882. The summed E-state index contributed by atoms with van der Waals surface area (Å²) in [6, 6.07) is 8.09. The molecule has 1 N–H and O–H groups in total. The number of halogens is 1. The summed E-state index contributed by atoms with van der Waals surface area (Å²) in [7, 11) is 0. The van der Waals surface area contributed by atoms with Crippen LogP contribution >= 0.6 is 11.6 Å². The molecule has 1 heterocycles. The predicted octanol–water partition coefficient (Wildman–Crippen LogP) is 4.77. The van der Waals surface area contributed by atoms with Crippen LogP contribution in [-0.4, -0.2) is 60.4 Å². The molecular formula is C27H39ClN2O3. The van der Waals surface area contributed by atoms with Crippen LogP contribution in [0.2, 0.25) is 5.02 Å². The van der Waals surface area contributed by atoms with E-state index in [4.69, 9.17) is 16.3 Å². The maximum absolute atomic E-state index is 11.8. The molecule has 1 saturated heterocycles. The van der Waals surface area contributed by atoms with Gasteiger partial charge in [-0.15, -0.1) is 0 Å². The molecule has 0 bridgehead atoms. The first-order valence-corrected chi connectivity index (χ1v) is 12.9. The van der Waals surface area contributed by atoms with E-state index in [-0.39, 0.29) is 23.9 Å². The molecule has 33 heavy (non-hydrogen) atoms. The highest BCUT2D eigenvalue weighted by atomic mass is 35.5. The first-order chi connectivity index (χ1) is 15.7. The lowest BCUT2D eigenvalue weighted by Gasteiger charge is -2.53. The van der Waals surface area contributed by atoms with Gasteiger partial charge in [-0.25, -0.2) is 0 Å². The number of fused-ring (bicyclic) bond motifs is 1. The Morgan fingerprint density at radius 3 is 2.61 bits per heavy atom. The molecule has 1 saturated carbocycles. The fourth-order valence-electron chi connectivity index (χ4n) is 6.42. The highest BCUT2D eigenvalue weighted by Gasteiger charge is 2.52. The fraction of sp³-hybridized carbons (Fsp3) is 0.667. The zero-order valence-corrected chi connectivity index (χ0v) is 21.2. The van der Waals surface area contributed by atoms with Crippen LogP contribution in [0, 0.1) is 23.7 Å². The van der Waals surface area contributed by atoms with Crippen molar-refractivity contribution in [3.05, 3.63) is 40.9 Å². The molecule has 1 aromatic rings. The first-order valence-electron chi connectivity index (χ1n) is 12.5. The van der Waals surface area contributed by atoms with Crippen molar-refractivity contribution in [2.24, 2.45) is 23.7 Å². The second-order valence-corrected chi connectivity index (χ2v) is 11.0. The first kappa shape index (κ1) is 24.6. The number of carbonyl (C=O) groups is 1. The lowest BCUT2D eigenvalue weighted by molar-refractivity contribution is -0.159. The van der Waals surface area contributed by atoms with E-state index in [1.807, 2.05) is 25.1 Å². The van der Waals surface area contributed by atoms with Crippen molar-refractivity contribution in [1.29, 1.82) is 0 Å². The molecular weight excluding hydrogens is 436 g/mol. The molecule has 182 valence electrons. The van der Waals surface area contributed by atoms with E-state index in [0.29, 0.717) is 18.3 Å². The average Bonchev–Trinajstić information content (AvgIpc) is 2.77. The molecule has 3 aliphatic rings. The zero-order chi connectivity index (χ0) is 23.8. The molecule has 1 aromatic carbocycles. The number of anilines is 1. The number of hydrogen-bond acceptors (Lipinski definition) is 5. The molecule has 0 spiro atoms. The van der Waals surface area contributed by atoms with Crippen LogP contribution in [0.15, 0.2) is 35.9 Å². The van der Waals surface area contributed by atoms with E-state index in [0.717, 1.165) is 61.8 Å². The van der Waals surface area contributed by atoms with Gasteiger partial charge in [0.05, 0.1) is 16.3 Å². The Morgan fingerprint density at radius 1 is 1.24 bits per heavy atom. The van der Waals surface area contributed by atoms with Gasteiger partial charge in [0.2, 0.25) is 0 Å². The summed E-state index contributed by atoms with van der Waals surface area (Å²) in [4.78, 5) is 16.5. The standard InChI is InChI=1S/C27H39ClN2O3/c1-18-15-23-22(10-9-20(3)27(23,32)16-26(18)33-21(4)31)19(2)17-29-11-13-30(14-12-29)25-8-6-5-7-24(25)28/h5-8,15,19-20,22-23,26,32H,9-14,16-17H2,1-4H3/t19-,20-,22+,23-,26-,27-/m1/s1. The number of esters is 1. The van der Waals surface area contributed by atoms with Gasteiger partial charge in [-0.1, -0.05) is 43.7 Å². The van der Waals surface area contributed by atoms with Gasteiger partial charge >= 0.3 is 5.97 Å². The molecule has 6 heteroatoms. The van der Waals surface area contributed by atoms with Gasteiger partial charge in [-0.3, -0.25) is 9.69 Å². The normalized spacial score (nSPS) is 33.8. The maximum atomic E-state index is 11.8. The van der Waals surface area contributed by atoms with Gasteiger partial charge in [0, 0.05) is 52.0 Å². The SMILES string of the molecule is CC(=O)O[C@@H]1C[C@@]2(O)[C@H](C)CC[C@@H]([C@H](C)CN3CCN(c4ccccc4Cl)CC3)[C@H]2C=C1C. The highest BCUT2D eigenvalue weighted by Crippen LogP contribution is 2.51. The molecule has 6 atom stereocenters. The van der Waals surface area contributed by atoms with E-state index < -0.39 is 5.60 Å². The molecule has 0 amide bonds. The monoisotopic (exact) mass is 474 g/mol. The third-order valence-electron chi connectivity index (χ3n) is 8.44. The number of piperazine rings is 1. The minimum absolute atomic E-state index is 0.118. The fourth-order valence-corrected chi connectivity index (χ4v) is 6.68. The number of para-hydroxylation sites is 1. The van der Waals surface area contributed by atoms with Crippen LogP contribution in [0.3, 0.4) is 0 Å². The topological polar surface area (TPSA) is 53.0 Å². The van der Waals surface area contributed by atoms with Crippen LogP contribution in [0.1, 0.15) is 47.0 Å². The summed E-state index contributed by atoms with van der Waals surface area (Å²) in [6.45, 7) is 13.1. The molecule has 2 fully saturated rings. The number of rotatable bonds is 5. The van der Waals surface area contributed by atoms with Crippen LogP contribution in [0.25, 0.3) is 0 Å². The Balaban J connectivity index is 1.41. The van der Waals surface area contributed by atoms with Crippen molar-refractivity contribution in [3.63, 3.8) is 0 Å². The number of nitrogens with zero attached hydrogens (tertiary/aromatic N) is 2. The molecule has 2 aliphatic carbocycles. The summed E-state index contributed by atoms with van der Waals surface area (Å²) >= 11 is 6.41. The zero-order valence-electron chi connectivity index (χ0n) is 20.5. The van der Waals surface area contributed by atoms with E-state index in [9.17, 15) is 9.90 Å². The summed E-state index contributed by atoms with van der Waals surface area (Å²) in [5.41, 5.74) is 1.41. The van der Waals surface area contributed by atoms with E-state index in [1.165, 1.54) is 6.92 Å². The Hall–Kier alpha value is -1.56. The minimum Gasteiger partial charge on any atom is -0.458 e. The number of carbonyl (C=O) groups excluding carboxylic acids is 1. The van der Waals surface area contributed by atoms with E-state index in [2.05, 4.69) is 35.8 Å². The van der Waals surface area contributed by atoms with E-state index >= 15 is 0 Å². The van der Waals surface area contributed by atoms with Crippen molar-refractivity contribution < 1.29 is 14.6 Å². The average molecular weight is 475 g/mol. The van der Waals surface area contributed by atoms with Crippen molar-refractivity contribution >= 4 is 23.3 Å². The Kier molecular flexibility index (Phi) is 7.42. The molecule has 1 aliphatic heterocycles. The molecule has 0 aromatic heterocycles. The molecule has 0 radical (unpaired) electrons. The molecule has 5 nitrogen and oxygen atoms in total. The van der Waals surface area contributed by atoms with Crippen LogP contribution in [0.4, 0.5) is 5.69 Å². The number of ether oxygens (including phenoxy) is 1. The highest BCUT2D eigenvalue weighted by molar-refractivity contribution is 6.33.